The molecule has 0 aromatic heterocycles. The Labute approximate surface area is 87.0 Å². The predicted molar refractivity (Wildman–Crippen MR) is 62.8 cm³/mol. The van der Waals surface area contributed by atoms with Crippen molar-refractivity contribution in [2.24, 2.45) is 0 Å². The van der Waals surface area contributed by atoms with Gasteiger partial charge in [0.1, 0.15) is 0 Å². The molecule has 0 amide bonds. The molecule has 0 heterocycles. The van der Waals surface area contributed by atoms with E-state index in [4.69, 9.17) is 0 Å². The minimum Gasteiger partial charge on any atom is -0.0844 e. The van der Waals surface area contributed by atoms with Crippen molar-refractivity contribution < 1.29 is 0 Å². The van der Waals surface area contributed by atoms with Crippen LogP contribution in [0.3, 0.4) is 0 Å². The molecule has 0 aliphatic heterocycles. The molecule has 0 N–H and O–H groups in total. The summed E-state index contributed by atoms with van der Waals surface area (Å²) in [6.07, 6.45) is 26.5. The first-order chi connectivity index (χ1) is 7.00. The Bertz CT molecular complexity index is 262. The van der Waals surface area contributed by atoms with Crippen molar-refractivity contribution >= 4 is 0 Å². The molecule has 1 rings (SSSR count). The van der Waals surface area contributed by atoms with Crippen LogP contribution in [0.25, 0.3) is 0 Å². The highest BCUT2D eigenvalue weighted by atomic mass is 13.8. The molecule has 0 saturated carbocycles. The van der Waals surface area contributed by atoms with Crippen molar-refractivity contribution in [3.8, 4) is 0 Å². The van der Waals surface area contributed by atoms with Crippen LogP contribution in [-0.2, 0) is 0 Å². The maximum Gasteiger partial charge on any atom is -0.00978 e. The van der Waals surface area contributed by atoms with E-state index in [9.17, 15) is 0 Å². The average Bonchev–Trinajstić information content (AvgIpc) is 2.22. The normalized spacial score (nSPS) is 18.3. The van der Waals surface area contributed by atoms with Crippen molar-refractivity contribution in [3.63, 3.8) is 0 Å². The van der Waals surface area contributed by atoms with Crippen LogP contribution in [0.5, 0.6) is 0 Å². The van der Waals surface area contributed by atoms with Crippen LogP contribution in [0.4, 0.5) is 0 Å². The van der Waals surface area contributed by atoms with Crippen LogP contribution in [0.15, 0.2) is 54.7 Å². The van der Waals surface area contributed by atoms with Crippen LogP contribution in [-0.4, -0.2) is 0 Å². The Morgan fingerprint density at radius 1 is 0.714 bits per heavy atom. The lowest BCUT2D eigenvalue weighted by atomic mass is 10.2. The average molecular weight is 185 g/mol. The van der Waals surface area contributed by atoms with E-state index in [1.165, 1.54) is 0 Å². The van der Waals surface area contributed by atoms with E-state index in [-0.39, 0.29) is 0 Å². The minimum atomic E-state index is 0.938. The van der Waals surface area contributed by atoms with Crippen LogP contribution in [0.2, 0.25) is 0 Å². The molecule has 1 radical (unpaired) electrons. The zero-order valence-corrected chi connectivity index (χ0v) is 8.52. The fourth-order valence-electron chi connectivity index (χ4n) is 1.15. The maximum absolute atomic E-state index is 3.25. The molecule has 0 nitrogen and oxygen atoms in total. The third kappa shape index (κ3) is 6.24. The van der Waals surface area contributed by atoms with Gasteiger partial charge in [0.05, 0.1) is 0 Å². The summed E-state index contributed by atoms with van der Waals surface area (Å²) in [5.74, 6) is 0. The fourth-order valence-corrected chi connectivity index (χ4v) is 1.15. The monoisotopic (exact) mass is 185 g/mol. The van der Waals surface area contributed by atoms with Crippen molar-refractivity contribution in [3.05, 3.63) is 60.8 Å². The van der Waals surface area contributed by atoms with E-state index in [2.05, 4.69) is 60.8 Å². The number of rotatable bonds is 0. The van der Waals surface area contributed by atoms with E-state index in [0.717, 1.165) is 25.7 Å². The van der Waals surface area contributed by atoms with Crippen LogP contribution < -0.4 is 0 Å². The topological polar surface area (TPSA) is 0 Å². The summed E-state index contributed by atoms with van der Waals surface area (Å²) in [6, 6.07) is 0. The second kappa shape index (κ2) is 8.31. The summed E-state index contributed by atoms with van der Waals surface area (Å²) in [5, 5.41) is 0. The number of allylic oxidation sites excluding steroid dienone is 10. The van der Waals surface area contributed by atoms with Gasteiger partial charge in [-0.1, -0.05) is 54.7 Å². The lowest BCUT2D eigenvalue weighted by Crippen LogP contribution is -1.67. The molecule has 14 heavy (non-hydrogen) atoms. The van der Waals surface area contributed by atoms with E-state index in [1.54, 1.807) is 0 Å². The molecule has 0 aromatic rings. The largest absolute Gasteiger partial charge is 0.0844 e. The molecule has 0 aromatic carbocycles. The van der Waals surface area contributed by atoms with E-state index < -0.39 is 0 Å². The first kappa shape index (κ1) is 10.8. The van der Waals surface area contributed by atoms with Gasteiger partial charge >= 0.3 is 0 Å². The second-order valence-electron chi connectivity index (χ2n) is 3.14. The standard InChI is InChI=1S/C14H17/c1-2-4-6-8-10-12-14-13-11-9-7-5-3-1/h1-6,9,11-12H,7-8,10,13H2. The SMILES string of the molecule is [C]1=CCCC=CC=CC=CCC=CC1. The maximum atomic E-state index is 3.25. The highest BCUT2D eigenvalue weighted by Crippen LogP contribution is 1.97. The minimum absolute atomic E-state index is 0.938. The van der Waals surface area contributed by atoms with Gasteiger partial charge in [0.25, 0.3) is 0 Å². The quantitative estimate of drug-likeness (QED) is 0.497. The number of hydrogen-bond acceptors (Lipinski definition) is 0. The van der Waals surface area contributed by atoms with Crippen molar-refractivity contribution in [1.29, 1.82) is 0 Å². The predicted octanol–water partition coefficient (Wildman–Crippen LogP) is 4.14. The third-order valence-electron chi connectivity index (χ3n) is 1.90. The van der Waals surface area contributed by atoms with Gasteiger partial charge in [0.15, 0.2) is 0 Å². The van der Waals surface area contributed by atoms with Crippen LogP contribution in [0.1, 0.15) is 25.7 Å². The van der Waals surface area contributed by atoms with Gasteiger partial charge in [0, 0.05) is 0 Å². The molecule has 0 saturated heterocycles. The summed E-state index contributed by atoms with van der Waals surface area (Å²) in [4.78, 5) is 0. The van der Waals surface area contributed by atoms with E-state index >= 15 is 0 Å². The third-order valence-corrected chi connectivity index (χ3v) is 1.90. The molecule has 0 atom stereocenters. The summed E-state index contributed by atoms with van der Waals surface area (Å²) in [5.41, 5.74) is 0. The Hall–Kier alpha value is -1.30. The lowest BCUT2D eigenvalue weighted by molar-refractivity contribution is 1.04. The summed E-state index contributed by atoms with van der Waals surface area (Å²) in [6.45, 7) is 0. The van der Waals surface area contributed by atoms with Crippen LogP contribution in [0, 0.1) is 6.08 Å². The molecule has 0 spiro atoms. The van der Waals surface area contributed by atoms with Crippen molar-refractivity contribution in [2.45, 2.75) is 25.7 Å². The first-order valence-corrected chi connectivity index (χ1v) is 5.18. The molecule has 0 unspecified atom stereocenters. The summed E-state index contributed by atoms with van der Waals surface area (Å²) < 4.78 is 0. The molecular formula is C14H17. The van der Waals surface area contributed by atoms with Crippen LogP contribution >= 0.6 is 0 Å². The molecular weight excluding hydrogens is 168 g/mol. The lowest BCUT2D eigenvalue weighted by Gasteiger charge is -1.86. The highest BCUT2D eigenvalue weighted by Gasteiger charge is 1.77. The molecule has 1 aliphatic rings. The van der Waals surface area contributed by atoms with Gasteiger partial charge < -0.3 is 0 Å². The Kier molecular flexibility index (Phi) is 6.39. The highest BCUT2D eigenvalue weighted by molar-refractivity contribution is 5.12. The van der Waals surface area contributed by atoms with Gasteiger partial charge in [-0.15, -0.1) is 0 Å². The van der Waals surface area contributed by atoms with Gasteiger partial charge in [-0.2, -0.15) is 0 Å². The van der Waals surface area contributed by atoms with E-state index in [1.807, 2.05) is 0 Å². The Morgan fingerprint density at radius 2 is 1.57 bits per heavy atom. The Balaban J connectivity index is 2.45. The summed E-state index contributed by atoms with van der Waals surface area (Å²) >= 11 is 0. The molecule has 0 fully saturated rings. The smallest absolute Gasteiger partial charge is 0.00978 e. The zero-order chi connectivity index (χ0) is 9.90. The van der Waals surface area contributed by atoms with Gasteiger partial charge in [-0.25, -0.2) is 0 Å². The van der Waals surface area contributed by atoms with Gasteiger partial charge in [-0.3, -0.25) is 0 Å². The van der Waals surface area contributed by atoms with Gasteiger partial charge in [-0.05, 0) is 31.8 Å². The van der Waals surface area contributed by atoms with Gasteiger partial charge in [0.2, 0.25) is 0 Å². The molecule has 0 heteroatoms. The summed E-state index contributed by atoms with van der Waals surface area (Å²) in [7, 11) is 0. The Morgan fingerprint density at radius 3 is 2.50 bits per heavy atom. The molecule has 73 valence electrons. The molecule has 1 aliphatic carbocycles. The van der Waals surface area contributed by atoms with E-state index in [0.29, 0.717) is 0 Å². The molecule has 0 bridgehead atoms. The van der Waals surface area contributed by atoms with Crippen molar-refractivity contribution in [2.75, 3.05) is 0 Å². The zero-order valence-electron chi connectivity index (χ0n) is 8.52. The second-order valence-corrected chi connectivity index (χ2v) is 3.14. The fraction of sp³-hybridized carbons (Fsp3) is 0.286. The first-order valence-electron chi connectivity index (χ1n) is 5.18. The van der Waals surface area contributed by atoms with Crippen molar-refractivity contribution in [1.82, 2.24) is 0 Å². The number of hydrogen-bond donors (Lipinski definition) is 0.